The van der Waals surface area contributed by atoms with Gasteiger partial charge in [-0.1, -0.05) is 49.9 Å². The molecule has 1 saturated carbocycles. The second-order valence-electron chi connectivity index (χ2n) is 7.84. The normalized spacial score (nSPS) is 16.6. The van der Waals surface area contributed by atoms with Crippen LogP contribution in [-0.4, -0.2) is 36.9 Å². The van der Waals surface area contributed by atoms with Crippen molar-refractivity contribution in [2.24, 2.45) is 10.9 Å². The van der Waals surface area contributed by atoms with Gasteiger partial charge in [-0.2, -0.15) is 0 Å². The van der Waals surface area contributed by atoms with Crippen LogP contribution >= 0.6 is 24.0 Å². The molecule has 0 aromatic heterocycles. The Kier molecular flexibility index (Phi) is 10.1. The first-order chi connectivity index (χ1) is 13.3. The number of halogens is 1. The van der Waals surface area contributed by atoms with Gasteiger partial charge in [-0.15, -0.1) is 24.0 Å². The summed E-state index contributed by atoms with van der Waals surface area (Å²) >= 11 is 0. The summed E-state index contributed by atoms with van der Waals surface area (Å²) in [5.41, 5.74) is 2.57. The Morgan fingerprint density at radius 3 is 2.29 bits per heavy atom. The molecule has 1 fully saturated rings. The molecule has 1 aromatic rings. The van der Waals surface area contributed by atoms with Gasteiger partial charge in [0.1, 0.15) is 0 Å². The van der Waals surface area contributed by atoms with Crippen LogP contribution in [0.3, 0.4) is 0 Å². The molecule has 0 atom stereocenters. The van der Waals surface area contributed by atoms with Crippen molar-refractivity contribution < 1.29 is 4.79 Å². The van der Waals surface area contributed by atoms with E-state index in [1.54, 1.807) is 7.05 Å². The van der Waals surface area contributed by atoms with Gasteiger partial charge in [0.15, 0.2) is 5.96 Å². The Morgan fingerprint density at radius 1 is 1.07 bits per heavy atom. The number of hydrogen-bond acceptors (Lipinski definition) is 2. The number of guanidine groups is 1. The van der Waals surface area contributed by atoms with Crippen molar-refractivity contribution in [3.05, 3.63) is 35.4 Å². The summed E-state index contributed by atoms with van der Waals surface area (Å²) in [7, 11) is 1.80. The molecular weight excluding hydrogens is 463 g/mol. The Hall–Kier alpha value is -1.31. The molecule has 2 aliphatic rings. The third kappa shape index (κ3) is 6.94. The van der Waals surface area contributed by atoms with Crippen molar-refractivity contribution in [1.82, 2.24) is 15.5 Å². The molecule has 3 rings (SSSR count). The Morgan fingerprint density at radius 2 is 1.68 bits per heavy atom. The zero-order chi connectivity index (χ0) is 18.9. The topological polar surface area (TPSA) is 56.7 Å². The fraction of sp³-hybridized carbons (Fsp3) is 0.636. The van der Waals surface area contributed by atoms with E-state index in [2.05, 4.69) is 27.8 Å². The first-order valence-electron chi connectivity index (χ1n) is 10.6. The molecule has 2 N–H and O–H groups in total. The van der Waals surface area contributed by atoms with Crippen molar-refractivity contribution in [1.29, 1.82) is 0 Å². The summed E-state index contributed by atoms with van der Waals surface area (Å²) in [6.07, 6.45) is 9.63. The molecule has 0 bridgehead atoms. The van der Waals surface area contributed by atoms with E-state index < -0.39 is 0 Å². The van der Waals surface area contributed by atoms with Gasteiger partial charge >= 0.3 is 0 Å². The standard InChI is InChI=1S/C22H34N4O.HI/c1-23-22(24-14-6-10-18-8-2-3-9-18)25-15-7-13-21(27)26-16-19-11-4-5-12-20(19)17-26;/h4-5,11-12,18H,2-3,6-10,13-17H2,1H3,(H2,23,24,25);1H. The highest BCUT2D eigenvalue weighted by Gasteiger charge is 2.22. The molecule has 0 saturated heterocycles. The summed E-state index contributed by atoms with van der Waals surface area (Å²) < 4.78 is 0. The van der Waals surface area contributed by atoms with Gasteiger partial charge in [0, 0.05) is 39.6 Å². The average molecular weight is 498 g/mol. The highest BCUT2D eigenvalue weighted by atomic mass is 127. The van der Waals surface area contributed by atoms with Gasteiger partial charge in [-0.3, -0.25) is 9.79 Å². The molecule has 1 heterocycles. The molecule has 1 amide bonds. The van der Waals surface area contributed by atoms with Gasteiger partial charge in [-0.25, -0.2) is 0 Å². The van der Waals surface area contributed by atoms with Crippen LogP contribution in [0.15, 0.2) is 29.3 Å². The first kappa shape index (κ1) is 23.0. The highest BCUT2D eigenvalue weighted by Crippen LogP contribution is 2.28. The number of hydrogen-bond donors (Lipinski definition) is 2. The van der Waals surface area contributed by atoms with Crippen molar-refractivity contribution in [3.8, 4) is 0 Å². The fourth-order valence-corrected chi connectivity index (χ4v) is 4.23. The lowest BCUT2D eigenvalue weighted by Crippen LogP contribution is -2.38. The predicted molar refractivity (Wildman–Crippen MR) is 126 cm³/mol. The van der Waals surface area contributed by atoms with E-state index in [0.29, 0.717) is 6.42 Å². The van der Waals surface area contributed by atoms with E-state index in [1.807, 2.05) is 17.0 Å². The van der Waals surface area contributed by atoms with E-state index in [-0.39, 0.29) is 29.9 Å². The second-order valence-corrected chi connectivity index (χ2v) is 7.84. The molecule has 28 heavy (non-hydrogen) atoms. The highest BCUT2D eigenvalue weighted by molar-refractivity contribution is 14.0. The van der Waals surface area contributed by atoms with E-state index >= 15 is 0 Å². The van der Waals surface area contributed by atoms with Crippen molar-refractivity contribution >= 4 is 35.8 Å². The maximum Gasteiger partial charge on any atom is 0.223 e. The van der Waals surface area contributed by atoms with E-state index in [0.717, 1.165) is 44.5 Å². The van der Waals surface area contributed by atoms with Crippen LogP contribution in [0.25, 0.3) is 0 Å². The number of nitrogens with zero attached hydrogens (tertiary/aromatic N) is 2. The largest absolute Gasteiger partial charge is 0.356 e. The Bertz CT molecular complexity index is 618. The van der Waals surface area contributed by atoms with Gasteiger partial charge in [0.25, 0.3) is 0 Å². The molecule has 1 aliphatic heterocycles. The van der Waals surface area contributed by atoms with Crippen LogP contribution in [0.1, 0.15) is 62.5 Å². The quantitative estimate of drug-likeness (QED) is 0.246. The van der Waals surface area contributed by atoms with E-state index in [1.165, 1.54) is 49.7 Å². The van der Waals surface area contributed by atoms with Gasteiger partial charge in [0.05, 0.1) is 0 Å². The summed E-state index contributed by atoms with van der Waals surface area (Å²) in [6, 6.07) is 8.32. The minimum atomic E-state index is 0. The second kappa shape index (κ2) is 12.3. The molecule has 1 aliphatic carbocycles. The number of amides is 1. The third-order valence-electron chi connectivity index (χ3n) is 5.83. The number of aliphatic imine (C=N–C) groups is 1. The number of carbonyl (C=O) groups is 1. The third-order valence-corrected chi connectivity index (χ3v) is 5.83. The molecule has 0 radical (unpaired) electrons. The van der Waals surface area contributed by atoms with Gasteiger partial charge in [-0.05, 0) is 36.3 Å². The number of benzene rings is 1. The summed E-state index contributed by atoms with van der Waals surface area (Å²) in [4.78, 5) is 18.7. The van der Waals surface area contributed by atoms with Crippen molar-refractivity contribution in [2.45, 2.75) is 64.5 Å². The van der Waals surface area contributed by atoms with Crippen molar-refractivity contribution in [2.75, 3.05) is 20.1 Å². The van der Waals surface area contributed by atoms with E-state index in [4.69, 9.17) is 0 Å². The van der Waals surface area contributed by atoms with Crippen LogP contribution in [0.5, 0.6) is 0 Å². The smallest absolute Gasteiger partial charge is 0.223 e. The molecule has 0 unspecified atom stereocenters. The molecular formula is C22H35IN4O. The number of nitrogens with one attached hydrogen (secondary N) is 2. The summed E-state index contributed by atoms with van der Waals surface area (Å²) in [5, 5.41) is 6.72. The summed E-state index contributed by atoms with van der Waals surface area (Å²) in [6.45, 7) is 3.26. The monoisotopic (exact) mass is 498 g/mol. The number of carbonyl (C=O) groups excluding carboxylic acids is 1. The first-order valence-corrected chi connectivity index (χ1v) is 10.6. The predicted octanol–water partition coefficient (Wildman–Crippen LogP) is 4.06. The van der Waals surface area contributed by atoms with Crippen LogP contribution in [0.2, 0.25) is 0 Å². The van der Waals surface area contributed by atoms with Crippen LogP contribution in [-0.2, 0) is 17.9 Å². The molecule has 5 nitrogen and oxygen atoms in total. The lowest BCUT2D eigenvalue weighted by Gasteiger charge is -2.16. The maximum atomic E-state index is 12.4. The van der Waals surface area contributed by atoms with Crippen LogP contribution in [0, 0.1) is 5.92 Å². The SMILES string of the molecule is CN=C(NCCCC(=O)N1Cc2ccccc2C1)NCCCC1CCCC1.I. The van der Waals surface area contributed by atoms with Crippen LogP contribution in [0.4, 0.5) is 0 Å². The van der Waals surface area contributed by atoms with E-state index in [9.17, 15) is 4.79 Å². The number of rotatable bonds is 8. The lowest BCUT2D eigenvalue weighted by atomic mass is 10.0. The zero-order valence-corrected chi connectivity index (χ0v) is 19.4. The minimum Gasteiger partial charge on any atom is -0.356 e. The van der Waals surface area contributed by atoms with Gasteiger partial charge in [0.2, 0.25) is 5.91 Å². The average Bonchev–Trinajstić information content (AvgIpc) is 3.36. The Labute approximate surface area is 186 Å². The van der Waals surface area contributed by atoms with Crippen molar-refractivity contribution in [3.63, 3.8) is 0 Å². The zero-order valence-electron chi connectivity index (χ0n) is 17.1. The minimum absolute atomic E-state index is 0. The van der Waals surface area contributed by atoms with Gasteiger partial charge < -0.3 is 15.5 Å². The molecule has 6 heteroatoms. The lowest BCUT2D eigenvalue weighted by molar-refractivity contribution is -0.131. The molecule has 156 valence electrons. The molecule has 0 spiro atoms. The van der Waals surface area contributed by atoms with Crippen LogP contribution < -0.4 is 10.6 Å². The summed E-state index contributed by atoms with van der Waals surface area (Å²) in [5.74, 6) is 2.04. The molecule has 1 aromatic carbocycles. The number of fused-ring (bicyclic) bond motifs is 1. The Balaban J connectivity index is 0.00000280. The fourth-order valence-electron chi connectivity index (χ4n) is 4.23. The maximum absolute atomic E-state index is 12.4.